The molecule has 17 heavy (non-hydrogen) atoms. The van der Waals surface area contributed by atoms with Crippen molar-refractivity contribution in [2.45, 2.75) is 67.7 Å². The molecule has 1 unspecified atom stereocenters. The van der Waals surface area contributed by atoms with Crippen LogP contribution in [0.15, 0.2) is 36.0 Å². The van der Waals surface area contributed by atoms with E-state index < -0.39 is 0 Å². The van der Waals surface area contributed by atoms with Gasteiger partial charge in [-0.05, 0) is 39.2 Å². The highest BCUT2D eigenvalue weighted by molar-refractivity contribution is 5.34. The normalized spacial score (nSPS) is 15.7. The number of hydrogen-bond donors (Lipinski definition) is 0. The van der Waals surface area contributed by atoms with Gasteiger partial charge >= 0.3 is 0 Å². The predicted molar refractivity (Wildman–Crippen MR) is 82.4 cm³/mol. The van der Waals surface area contributed by atoms with Crippen molar-refractivity contribution in [3.8, 4) is 0 Å². The summed E-state index contributed by atoms with van der Waals surface area (Å²) in [6.07, 6.45) is 10.1. The molecule has 0 saturated carbocycles. The molecule has 0 heterocycles. The highest BCUT2D eigenvalue weighted by atomic mass is 14.3. The van der Waals surface area contributed by atoms with E-state index >= 15 is 0 Å². The van der Waals surface area contributed by atoms with Gasteiger partial charge in [0.2, 0.25) is 0 Å². The minimum absolute atomic E-state index is 0.222. The summed E-state index contributed by atoms with van der Waals surface area (Å²) in [6, 6.07) is 0. The van der Waals surface area contributed by atoms with Gasteiger partial charge in [-0.1, -0.05) is 64.5 Å². The van der Waals surface area contributed by atoms with Crippen molar-refractivity contribution in [3.05, 3.63) is 36.0 Å². The van der Waals surface area contributed by atoms with Gasteiger partial charge in [-0.15, -0.1) is 0 Å². The molecule has 0 saturated heterocycles. The Hall–Kier alpha value is -0.780. The van der Waals surface area contributed by atoms with E-state index in [1.54, 1.807) is 0 Å². The average Bonchev–Trinajstić information content (AvgIpc) is 2.40. The number of allylic oxidation sites excluding steroid dienone is 5. The van der Waals surface area contributed by atoms with E-state index in [0.717, 1.165) is 6.42 Å². The molecular formula is C17H32. The Labute approximate surface area is 110 Å². The second kappa shape index (κ2) is 10.4. The quantitative estimate of drug-likeness (QED) is 0.374. The largest absolute Gasteiger partial charge is 0.0988 e. The Balaban J connectivity index is 0. The first-order chi connectivity index (χ1) is 8.12. The summed E-state index contributed by atoms with van der Waals surface area (Å²) in [6.45, 7) is 19.0. The van der Waals surface area contributed by atoms with Gasteiger partial charge in [0.1, 0.15) is 0 Å². The third-order valence-corrected chi connectivity index (χ3v) is 3.55. The first-order valence-corrected chi connectivity index (χ1v) is 7.05. The molecule has 0 heteroatoms. The van der Waals surface area contributed by atoms with Gasteiger partial charge in [0.25, 0.3) is 0 Å². The fraction of sp³-hybridized carbons (Fsp3) is 0.647. The molecule has 1 atom stereocenters. The van der Waals surface area contributed by atoms with Crippen LogP contribution < -0.4 is 0 Å². The molecule has 0 aromatic rings. The highest BCUT2D eigenvalue weighted by Gasteiger charge is 2.30. The van der Waals surface area contributed by atoms with E-state index in [4.69, 9.17) is 0 Å². The molecule has 0 rings (SSSR count). The molecule has 0 N–H and O–H groups in total. The maximum Gasteiger partial charge on any atom is 0.0152 e. The van der Waals surface area contributed by atoms with Crippen molar-refractivity contribution >= 4 is 0 Å². The lowest BCUT2D eigenvalue weighted by atomic mass is 9.69. The number of hydrogen-bond acceptors (Lipinski definition) is 0. The molecule has 0 spiro atoms. The summed E-state index contributed by atoms with van der Waals surface area (Å²) < 4.78 is 0. The Morgan fingerprint density at radius 1 is 1.12 bits per heavy atom. The van der Waals surface area contributed by atoms with Crippen LogP contribution in [-0.4, -0.2) is 0 Å². The van der Waals surface area contributed by atoms with Crippen LogP contribution in [0.3, 0.4) is 0 Å². The van der Waals surface area contributed by atoms with Crippen LogP contribution in [0.1, 0.15) is 67.7 Å². The summed E-state index contributed by atoms with van der Waals surface area (Å²) in [5.74, 6) is 0. The standard InChI is InChI=1S/C15H26.C2H6/c1-7-12-15(11-5,13(6)8-2)14(9-3)10-4;1-2/h8-10H,3,7,11-12H2,1-2,4-6H3;1-2H3/b13-8+,14-10+;. The van der Waals surface area contributed by atoms with Crippen molar-refractivity contribution < 1.29 is 0 Å². The fourth-order valence-electron chi connectivity index (χ4n) is 2.52. The first-order valence-electron chi connectivity index (χ1n) is 7.05. The molecule has 0 fully saturated rings. The predicted octanol–water partition coefficient (Wildman–Crippen LogP) is 6.31. The molecule has 0 aliphatic heterocycles. The van der Waals surface area contributed by atoms with E-state index in [0.29, 0.717) is 0 Å². The zero-order valence-electron chi connectivity index (χ0n) is 13.1. The minimum Gasteiger partial charge on any atom is -0.0988 e. The maximum atomic E-state index is 3.95. The molecule has 0 aromatic heterocycles. The van der Waals surface area contributed by atoms with Crippen LogP contribution >= 0.6 is 0 Å². The average molecular weight is 236 g/mol. The van der Waals surface area contributed by atoms with Gasteiger partial charge in [0.05, 0.1) is 0 Å². The lowest BCUT2D eigenvalue weighted by molar-refractivity contribution is 0.382. The van der Waals surface area contributed by atoms with Crippen LogP contribution in [0.2, 0.25) is 0 Å². The SMILES string of the molecule is C=C/C(=C\C)C(CC)(CCC)/C(C)=C/C.CC. The Bertz CT molecular complexity index is 255. The van der Waals surface area contributed by atoms with E-state index in [1.165, 1.54) is 24.0 Å². The Morgan fingerprint density at radius 3 is 1.88 bits per heavy atom. The van der Waals surface area contributed by atoms with Gasteiger partial charge in [0.15, 0.2) is 0 Å². The zero-order valence-corrected chi connectivity index (χ0v) is 13.1. The molecular weight excluding hydrogens is 204 g/mol. The number of rotatable bonds is 6. The van der Waals surface area contributed by atoms with E-state index in [1.807, 2.05) is 19.9 Å². The van der Waals surface area contributed by atoms with Crippen LogP contribution in [-0.2, 0) is 0 Å². The highest BCUT2D eigenvalue weighted by Crippen LogP contribution is 2.43. The second-order valence-electron chi connectivity index (χ2n) is 4.11. The van der Waals surface area contributed by atoms with Crippen LogP contribution in [0, 0.1) is 5.41 Å². The van der Waals surface area contributed by atoms with Crippen molar-refractivity contribution in [3.63, 3.8) is 0 Å². The lowest BCUT2D eigenvalue weighted by Gasteiger charge is -2.35. The second-order valence-corrected chi connectivity index (χ2v) is 4.11. The van der Waals surface area contributed by atoms with Crippen molar-refractivity contribution in [1.82, 2.24) is 0 Å². The van der Waals surface area contributed by atoms with E-state index in [-0.39, 0.29) is 5.41 Å². The summed E-state index contributed by atoms with van der Waals surface area (Å²) >= 11 is 0. The maximum absolute atomic E-state index is 3.95. The van der Waals surface area contributed by atoms with Crippen molar-refractivity contribution in [1.29, 1.82) is 0 Å². The van der Waals surface area contributed by atoms with E-state index in [9.17, 15) is 0 Å². The van der Waals surface area contributed by atoms with Gasteiger partial charge in [0, 0.05) is 5.41 Å². The molecule has 0 radical (unpaired) electrons. The minimum atomic E-state index is 0.222. The summed E-state index contributed by atoms with van der Waals surface area (Å²) in [4.78, 5) is 0. The first kappa shape index (κ1) is 18.6. The van der Waals surface area contributed by atoms with Gasteiger partial charge < -0.3 is 0 Å². The topological polar surface area (TPSA) is 0 Å². The van der Waals surface area contributed by atoms with Gasteiger partial charge in [-0.25, -0.2) is 0 Å². The molecule has 0 aliphatic rings. The molecule has 100 valence electrons. The van der Waals surface area contributed by atoms with Crippen LogP contribution in [0.5, 0.6) is 0 Å². The van der Waals surface area contributed by atoms with Crippen molar-refractivity contribution in [2.75, 3.05) is 0 Å². The molecule has 0 amide bonds. The molecule has 0 bridgehead atoms. The summed E-state index contributed by atoms with van der Waals surface area (Å²) in [5.41, 5.74) is 3.07. The zero-order chi connectivity index (χ0) is 13.9. The van der Waals surface area contributed by atoms with Crippen molar-refractivity contribution in [2.24, 2.45) is 5.41 Å². The third kappa shape index (κ3) is 4.53. The lowest BCUT2D eigenvalue weighted by Crippen LogP contribution is -2.23. The van der Waals surface area contributed by atoms with Gasteiger partial charge in [-0.3, -0.25) is 0 Å². The monoisotopic (exact) mass is 236 g/mol. The fourth-order valence-corrected chi connectivity index (χ4v) is 2.52. The third-order valence-electron chi connectivity index (χ3n) is 3.55. The smallest absolute Gasteiger partial charge is 0.0152 e. The van der Waals surface area contributed by atoms with Crippen LogP contribution in [0.4, 0.5) is 0 Å². The summed E-state index contributed by atoms with van der Waals surface area (Å²) in [7, 11) is 0. The Morgan fingerprint density at radius 2 is 1.65 bits per heavy atom. The molecule has 0 aliphatic carbocycles. The van der Waals surface area contributed by atoms with E-state index in [2.05, 4.69) is 53.3 Å². The molecule has 0 nitrogen and oxygen atoms in total. The Kier molecular flexibility index (Phi) is 11.3. The molecule has 0 aromatic carbocycles. The van der Waals surface area contributed by atoms with Gasteiger partial charge in [-0.2, -0.15) is 0 Å². The van der Waals surface area contributed by atoms with Crippen LogP contribution in [0.25, 0.3) is 0 Å². The summed E-state index contributed by atoms with van der Waals surface area (Å²) in [5, 5.41) is 0.